The lowest BCUT2D eigenvalue weighted by atomic mass is 9.88. The number of benzene rings is 2. The van der Waals surface area contributed by atoms with Crippen molar-refractivity contribution in [1.29, 1.82) is 0 Å². The van der Waals surface area contributed by atoms with Gasteiger partial charge in [-0.1, -0.05) is 6.58 Å². The minimum absolute atomic E-state index is 0.0450. The summed E-state index contributed by atoms with van der Waals surface area (Å²) in [5, 5.41) is 0. The van der Waals surface area contributed by atoms with Gasteiger partial charge in [0.1, 0.15) is 29.5 Å². The standard InChI is InChI=1S/C21H18O5/c1-10(2)15-4-11-3-13-17(6-16(11)25-15)22-8-14-12-5-19-20(24-9-23-19)7-18(12)26-21(13)14/h3,5-7,14-15,21H,1,4,8-9H2,2H3. The van der Waals surface area contributed by atoms with E-state index in [1.165, 1.54) is 5.56 Å². The molecule has 0 aromatic heterocycles. The molecule has 0 bridgehead atoms. The Morgan fingerprint density at radius 2 is 1.69 bits per heavy atom. The summed E-state index contributed by atoms with van der Waals surface area (Å²) >= 11 is 0. The zero-order chi connectivity index (χ0) is 17.4. The Kier molecular flexibility index (Phi) is 2.69. The molecule has 26 heavy (non-hydrogen) atoms. The second kappa shape index (κ2) is 4.87. The van der Waals surface area contributed by atoms with Gasteiger partial charge >= 0.3 is 0 Å². The van der Waals surface area contributed by atoms with E-state index in [4.69, 9.17) is 23.7 Å². The normalized spacial score (nSPS) is 26.0. The van der Waals surface area contributed by atoms with Gasteiger partial charge in [0.25, 0.3) is 0 Å². The van der Waals surface area contributed by atoms with Gasteiger partial charge in [0.15, 0.2) is 11.5 Å². The maximum atomic E-state index is 6.32. The first-order valence-electron chi connectivity index (χ1n) is 8.89. The highest BCUT2D eigenvalue weighted by Gasteiger charge is 2.43. The van der Waals surface area contributed by atoms with Crippen molar-refractivity contribution in [1.82, 2.24) is 0 Å². The van der Waals surface area contributed by atoms with Crippen molar-refractivity contribution in [2.45, 2.75) is 31.5 Å². The van der Waals surface area contributed by atoms with Gasteiger partial charge in [-0.2, -0.15) is 0 Å². The third-order valence-corrected chi connectivity index (χ3v) is 5.67. The predicted octanol–water partition coefficient (Wildman–Crippen LogP) is 3.90. The second-order valence-corrected chi connectivity index (χ2v) is 7.35. The van der Waals surface area contributed by atoms with E-state index in [0.29, 0.717) is 6.61 Å². The zero-order valence-electron chi connectivity index (χ0n) is 14.4. The molecule has 5 nitrogen and oxygen atoms in total. The van der Waals surface area contributed by atoms with Gasteiger partial charge in [-0.15, -0.1) is 0 Å². The monoisotopic (exact) mass is 350 g/mol. The van der Waals surface area contributed by atoms with Gasteiger partial charge in [-0.3, -0.25) is 0 Å². The molecule has 4 aliphatic heterocycles. The minimum Gasteiger partial charge on any atom is -0.492 e. The third kappa shape index (κ3) is 1.86. The molecule has 4 aliphatic rings. The Morgan fingerprint density at radius 3 is 2.54 bits per heavy atom. The van der Waals surface area contributed by atoms with Crippen LogP contribution in [0.25, 0.3) is 0 Å². The lowest BCUT2D eigenvalue weighted by Gasteiger charge is -2.28. The predicted molar refractivity (Wildman–Crippen MR) is 93.5 cm³/mol. The van der Waals surface area contributed by atoms with E-state index in [-0.39, 0.29) is 24.9 Å². The van der Waals surface area contributed by atoms with Crippen LogP contribution < -0.4 is 23.7 Å². The molecule has 5 heteroatoms. The van der Waals surface area contributed by atoms with E-state index in [9.17, 15) is 0 Å². The number of rotatable bonds is 1. The average Bonchev–Trinajstić information content (AvgIpc) is 3.33. The summed E-state index contributed by atoms with van der Waals surface area (Å²) in [5.74, 6) is 4.29. The molecule has 0 spiro atoms. The molecule has 0 aliphatic carbocycles. The van der Waals surface area contributed by atoms with Gasteiger partial charge in [0.2, 0.25) is 6.79 Å². The lowest BCUT2D eigenvalue weighted by molar-refractivity contribution is 0.138. The minimum atomic E-state index is -0.0505. The molecule has 3 atom stereocenters. The van der Waals surface area contributed by atoms with E-state index in [1.807, 2.05) is 25.1 Å². The van der Waals surface area contributed by atoms with E-state index in [2.05, 4.69) is 12.6 Å². The fourth-order valence-corrected chi connectivity index (χ4v) is 4.26. The van der Waals surface area contributed by atoms with Crippen molar-refractivity contribution in [2.24, 2.45) is 0 Å². The Morgan fingerprint density at radius 1 is 0.885 bits per heavy atom. The second-order valence-electron chi connectivity index (χ2n) is 7.35. The molecule has 0 radical (unpaired) electrons. The van der Waals surface area contributed by atoms with Crippen molar-refractivity contribution < 1.29 is 23.7 Å². The van der Waals surface area contributed by atoms with Crippen molar-refractivity contribution in [3.8, 4) is 28.7 Å². The summed E-state index contributed by atoms with van der Waals surface area (Å²) in [7, 11) is 0. The maximum absolute atomic E-state index is 6.32. The number of fused-ring (bicyclic) bond motifs is 7. The van der Waals surface area contributed by atoms with Gasteiger partial charge in [-0.05, 0) is 30.2 Å². The largest absolute Gasteiger partial charge is 0.492 e. The summed E-state index contributed by atoms with van der Waals surface area (Å²) in [5.41, 5.74) is 4.44. The molecular formula is C21H18O5. The van der Waals surface area contributed by atoms with Crippen molar-refractivity contribution in [2.75, 3.05) is 13.4 Å². The smallest absolute Gasteiger partial charge is 0.231 e. The molecule has 2 aromatic carbocycles. The highest BCUT2D eigenvalue weighted by molar-refractivity contribution is 5.59. The van der Waals surface area contributed by atoms with Crippen LogP contribution in [-0.4, -0.2) is 19.5 Å². The Hall–Kier alpha value is -2.82. The maximum Gasteiger partial charge on any atom is 0.231 e. The third-order valence-electron chi connectivity index (χ3n) is 5.67. The summed E-state index contributed by atoms with van der Waals surface area (Å²) in [6.07, 6.45) is 0.840. The van der Waals surface area contributed by atoms with Crippen LogP contribution in [0.3, 0.4) is 0 Å². The van der Waals surface area contributed by atoms with Crippen LogP contribution in [0.1, 0.15) is 35.6 Å². The molecular weight excluding hydrogens is 332 g/mol. The van der Waals surface area contributed by atoms with Gasteiger partial charge in [-0.25, -0.2) is 0 Å². The molecule has 2 aromatic rings. The molecule has 0 saturated heterocycles. The molecule has 0 saturated carbocycles. The first kappa shape index (κ1) is 14.4. The highest BCUT2D eigenvalue weighted by Crippen LogP contribution is 2.55. The van der Waals surface area contributed by atoms with E-state index < -0.39 is 0 Å². The van der Waals surface area contributed by atoms with Crippen molar-refractivity contribution in [3.63, 3.8) is 0 Å². The fourth-order valence-electron chi connectivity index (χ4n) is 4.26. The lowest BCUT2D eigenvalue weighted by Crippen LogP contribution is -2.23. The van der Waals surface area contributed by atoms with Crippen LogP contribution in [0.4, 0.5) is 0 Å². The van der Waals surface area contributed by atoms with E-state index >= 15 is 0 Å². The van der Waals surface area contributed by atoms with Gasteiger partial charge in [0, 0.05) is 29.7 Å². The molecule has 4 heterocycles. The summed E-state index contributed by atoms with van der Waals surface area (Å²) in [6, 6.07) is 8.15. The molecule has 6 rings (SSSR count). The van der Waals surface area contributed by atoms with Crippen molar-refractivity contribution in [3.05, 3.63) is 53.1 Å². The Bertz CT molecular complexity index is 963. The molecule has 0 amide bonds. The number of hydrogen-bond donors (Lipinski definition) is 0. The summed E-state index contributed by atoms with van der Waals surface area (Å²) in [6.45, 7) is 6.87. The first-order chi connectivity index (χ1) is 12.7. The summed E-state index contributed by atoms with van der Waals surface area (Å²) in [4.78, 5) is 0. The molecule has 0 N–H and O–H groups in total. The van der Waals surface area contributed by atoms with Crippen LogP contribution in [-0.2, 0) is 6.42 Å². The highest BCUT2D eigenvalue weighted by atomic mass is 16.7. The average molecular weight is 350 g/mol. The van der Waals surface area contributed by atoms with E-state index in [1.54, 1.807) is 0 Å². The SMILES string of the molecule is C=C(C)C1Cc2cc3c(cc2O1)OCC1c2cc4c(cc2OC31)OCO4. The van der Waals surface area contributed by atoms with Gasteiger partial charge < -0.3 is 23.7 Å². The van der Waals surface area contributed by atoms with Crippen LogP contribution >= 0.6 is 0 Å². The van der Waals surface area contributed by atoms with Crippen LogP contribution in [0.15, 0.2) is 36.4 Å². The molecule has 132 valence electrons. The van der Waals surface area contributed by atoms with Gasteiger partial charge in [0.05, 0.1) is 12.5 Å². The zero-order valence-corrected chi connectivity index (χ0v) is 14.4. The van der Waals surface area contributed by atoms with Crippen LogP contribution in [0.5, 0.6) is 28.7 Å². The molecule has 3 unspecified atom stereocenters. The van der Waals surface area contributed by atoms with Crippen LogP contribution in [0, 0.1) is 0 Å². The van der Waals surface area contributed by atoms with E-state index in [0.717, 1.165) is 51.9 Å². The fraction of sp³-hybridized carbons (Fsp3) is 0.333. The van der Waals surface area contributed by atoms with Crippen molar-refractivity contribution >= 4 is 0 Å². The number of ether oxygens (including phenoxy) is 5. The summed E-state index contributed by atoms with van der Waals surface area (Å²) < 4.78 is 29.4. The Labute approximate surface area is 151 Å². The topological polar surface area (TPSA) is 46.2 Å². The first-order valence-corrected chi connectivity index (χ1v) is 8.89. The number of hydrogen-bond acceptors (Lipinski definition) is 5. The molecule has 0 fully saturated rings. The quantitative estimate of drug-likeness (QED) is 0.730. The Balaban J connectivity index is 1.40. The van der Waals surface area contributed by atoms with Crippen LogP contribution in [0.2, 0.25) is 0 Å².